The number of ether oxygens (including phenoxy) is 1. The number of fused-ring (bicyclic) bond motifs is 1. The summed E-state index contributed by atoms with van der Waals surface area (Å²) in [6.45, 7) is 3.71. The number of rotatable bonds is 3. The van der Waals surface area contributed by atoms with Gasteiger partial charge in [0.15, 0.2) is 11.2 Å². The topological polar surface area (TPSA) is 122 Å². The molecule has 2 atom stereocenters. The van der Waals surface area contributed by atoms with E-state index in [2.05, 4.69) is 20.3 Å². The van der Waals surface area contributed by atoms with E-state index in [0.717, 1.165) is 0 Å². The van der Waals surface area contributed by atoms with E-state index in [4.69, 9.17) is 4.74 Å². The average molecular weight is 307 g/mol. The van der Waals surface area contributed by atoms with Crippen molar-refractivity contribution in [3.8, 4) is 0 Å². The molecule has 2 aromatic rings. The molecule has 1 fully saturated rings. The number of nitrogens with one attached hydrogen (secondary N) is 2. The molecule has 1 aliphatic rings. The summed E-state index contributed by atoms with van der Waals surface area (Å²) in [6.07, 6.45) is 0.865. The predicted octanol–water partition coefficient (Wildman–Crippen LogP) is -0.00610. The summed E-state index contributed by atoms with van der Waals surface area (Å²) in [5.41, 5.74) is 0.0239. The molecule has 3 heterocycles. The van der Waals surface area contributed by atoms with E-state index in [1.807, 2.05) is 0 Å². The molecule has 9 heteroatoms. The first kappa shape index (κ1) is 14.7. The lowest BCUT2D eigenvalue weighted by atomic mass is 10.2. The number of nitrogens with zero attached hydrogens (tertiary/aromatic N) is 3. The van der Waals surface area contributed by atoms with Crippen LogP contribution in [0.15, 0.2) is 11.1 Å². The Labute approximate surface area is 125 Å². The SMILES string of the molecule is CC(C)C(=O)Nc1nc2c(ncn2[C@H]2C[C@@H](O)CO2)c(=O)[nH]1. The molecule has 2 aromatic heterocycles. The van der Waals surface area contributed by atoms with E-state index in [0.29, 0.717) is 12.1 Å². The van der Waals surface area contributed by atoms with Crippen molar-refractivity contribution in [1.29, 1.82) is 0 Å². The summed E-state index contributed by atoms with van der Waals surface area (Å²) >= 11 is 0. The monoisotopic (exact) mass is 307 g/mol. The van der Waals surface area contributed by atoms with Crippen molar-refractivity contribution < 1.29 is 14.6 Å². The highest BCUT2D eigenvalue weighted by Gasteiger charge is 2.27. The van der Waals surface area contributed by atoms with Crippen molar-refractivity contribution in [2.45, 2.75) is 32.6 Å². The second-order valence-electron chi connectivity index (χ2n) is 5.56. The molecule has 0 aliphatic carbocycles. The summed E-state index contributed by atoms with van der Waals surface area (Å²) in [5.74, 6) is -0.420. The van der Waals surface area contributed by atoms with Gasteiger partial charge in [-0.15, -0.1) is 0 Å². The quantitative estimate of drug-likeness (QED) is 0.733. The first-order valence-corrected chi connectivity index (χ1v) is 7.03. The molecule has 0 aromatic carbocycles. The largest absolute Gasteiger partial charge is 0.391 e. The summed E-state index contributed by atoms with van der Waals surface area (Å²) < 4.78 is 7.04. The summed E-state index contributed by atoms with van der Waals surface area (Å²) in [5, 5.41) is 12.1. The lowest BCUT2D eigenvalue weighted by Gasteiger charge is -2.12. The minimum Gasteiger partial charge on any atom is -0.391 e. The maximum atomic E-state index is 12.0. The van der Waals surface area contributed by atoms with Crippen molar-refractivity contribution in [1.82, 2.24) is 19.5 Å². The van der Waals surface area contributed by atoms with Crippen molar-refractivity contribution in [2.75, 3.05) is 11.9 Å². The number of anilines is 1. The molecule has 0 radical (unpaired) electrons. The van der Waals surface area contributed by atoms with Gasteiger partial charge in [-0.05, 0) is 0 Å². The number of aliphatic hydroxyl groups is 1. The minimum absolute atomic E-state index is 0.0662. The Kier molecular flexibility index (Phi) is 3.67. The third-order valence-electron chi connectivity index (χ3n) is 3.46. The molecular weight excluding hydrogens is 290 g/mol. The number of amides is 1. The second kappa shape index (κ2) is 5.50. The van der Waals surface area contributed by atoms with Gasteiger partial charge >= 0.3 is 0 Å². The van der Waals surface area contributed by atoms with Crippen LogP contribution in [0.2, 0.25) is 0 Å². The van der Waals surface area contributed by atoms with Crippen LogP contribution in [0.4, 0.5) is 5.95 Å². The first-order valence-electron chi connectivity index (χ1n) is 7.03. The number of aliphatic hydroxyl groups excluding tert-OH is 1. The van der Waals surface area contributed by atoms with E-state index >= 15 is 0 Å². The fourth-order valence-corrected chi connectivity index (χ4v) is 2.24. The molecule has 0 unspecified atom stereocenters. The number of carbonyl (C=O) groups excluding carboxylic acids is 1. The molecule has 22 heavy (non-hydrogen) atoms. The van der Waals surface area contributed by atoms with E-state index in [-0.39, 0.29) is 29.9 Å². The Morgan fingerprint density at radius 2 is 2.36 bits per heavy atom. The number of aromatic nitrogens is 4. The fourth-order valence-electron chi connectivity index (χ4n) is 2.24. The van der Waals surface area contributed by atoms with Crippen LogP contribution in [0.1, 0.15) is 26.5 Å². The fraction of sp³-hybridized carbons (Fsp3) is 0.538. The van der Waals surface area contributed by atoms with Crippen LogP contribution in [-0.4, -0.2) is 43.2 Å². The van der Waals surface area contributed by atoms with Crippen LogP contribution >= 0.6 is 0 Å². The molecular formula is C13H17N5O4. The molecule has 1 amide bonds. The van der Waals surface area contributed by atoms with Crippen molar-refractivity contribution in [3.63, 3.8) is 0 Å². The van der Waals surface area contributed by atoms with E-state index in [1.54, 1.807) is 18.4 Å². The first-order chi connectivity index (χ1) is 10.5. The number of imidazole rings is 1. The van der Waals surface area contributed by atoms with Crippen LogP contribution in [0.3, 0.4) is 0 Å². The number of H-pyrrole nitrogens is 1. The minimum atomic E-state index is -0.551. The van der Waals surface area contributed by atoms with Gasteiger partial charge in [0.1, 0.15) is 6.23 Å². The normalized spacial score (nSPS) is 21.6. The van der Waals surface area contributed by atoms with Gasteiger partial charge in [-0.25, -0.2) is 4.98 Å². The molecule has 0 bridgehead atoms. The number of aromatic amines is 1. The zero-order valence-corrected chi connectivity index (χ0v) is 12.2. The van der Waals surface area contributed by atoms with E-state index in [1.165, 1.54) is 6.33 Å². The number of carbonyl (C=O) groups is 1. The highest BCUT2D eigenvalue weighted by atomic mass is 16.5. The highest BCUT2D eigenvalue weighted by Crippen LogP contribution is 2.25. The number of hydrogen-bond donors (Lipinski definition) is 3. The molecule has 3 rings (SSSR count). The van der Waals surface area contributed by atoms with Crippen LogP contribution in [0, 0.1) is 5.92 Å². The van der Waals surface area contributed by atoms with Crippen LogP contribution < -0.4 is 10.9 Å². The Balaban J connectivity index is 2.00. The molecule has 1 saturated heterocycles. The summed E-state index contributed by atoms with van der Waals surface area (Å²) in [7, 11) is 0. The lowest BCUT2D eigenvalue weighted by molar-refractivity contribution is -0.118. The Bertz CT molecular complexity index is 765. The Morgan fingerprint density at radius 1 is 1.59 bits per heavy atom. The maximum Gasteiger partial charge on any atom is 0.280 e. The standard InChI is InChI=1S/C13H17N5O4/c1-6(2)11(20)16-13-15-10-9(12(21)17-13)14-5-18(10)8-3-7(19)4-22-8/h5-8,19H,3-4H2,1-2H3,(H2,15,16,17,20,21)/t7-,8-/m1/s1. The molecule has 3 N–H and O–H groups in total. The van der Waals surface area contributed by atoms with Gasteiger partial charge in [-0.1, -0.05) is 13.8 Å². The van der Waals surface area contributed by atoms with Crippen molar-refractivity contribution >= 4 is 23.0 Å². The molecule has 1 aliphatic heterocycles. The van der Waals surface area contributed by atoms with Gasteiger partial charge in [0.05, 0.1) is 19.0 Å². The summed E-state index contributed by atoms with van der Waals surface area (Å²) in [4.78, 5) is 34.5. The highest BCUT2D eigenvalue weighted by molar-refractivity contribution is 5.91. The zero-order chi connectivity index (χ0) is 15.9. The smallest absolute Gasteiger partial charge is 0.280 e. The molecule has 9 nitrogen and oxygen atoms in total. The number of hydrogen-bond acceptors (Lipinski definition) is 6. The molecule has 118 valence electrons. The molecule has 0 spiro atoms. The third kappa shape index (κ3) is 2.60. The van der Waals surface area contributed by atoms with Crippen molar-refractivity contribution in [3.05, 3.63) is 16.7 Å². The molecule has 0 saturated carbocycles. The van der Waals surface area contributed by atoms with Crippen LogP contribution in [0.25, 0.3) is 11.2 Å². The van der Waals surface area contributed by atoms with Gasteiger partial charge < -0.3 is 9.84 Å². The zero-order valence-electron chi connectivity index (χ0n) is 12.2. The van der Waals surface area contributed by atoms with Gasteiger partial charge in [-0.2, -0.15) is 4.98 Å². The average Bonchev–Trinajstić information content (AvgIpc) is 3.04. The summed E-state index contributed by atoms with van der Waals surface area (Å²) in [6, 6.07) is 0. The van der Waals surface area contributed by atoms with E-state index in [9.17, 15) is 14.7 Å². The lowest BCUT2D eigenvalue weighted by Crippen LogP contribution is -2.22. The van der Waals surface area contributed by atoms with Gasteiger partial charge in [-0.3, -0.25) is 24.5 Å². The predicted molar refractivity (Wildman–Crippen MR) is 77.2 cm³/mol. The van der Waals surface area contributed by atoms with Gasteiger partial charge in [0.25, 0.3) is 5.56 Å². The van der Waals surface area contributed by atoms with Crippen LogP contribution in [-0.2, 0) is 9.53 Å². The van der Waals surface area contributed by atoms with Gasteiger partial charge in [0.2, 0.25) is 11.9 Å². The maximum absolute atomic E-state index is 12.0. The van der Waals surface area contributed by atoms with Gasteiger partial charge in [0, 0.05) is 12.3 Å². The Hall–Kier alpha value is -2.26. The van der Waals surface area contributed by atoms with Crippen molar-refractivity contribution in [2.24, 2.45) is 5.92 Å². The third-order valence-corrected chi connectivity index (χ3v) is 3.46. The van der Waals surface area contributed by atoms with Crippen LogP contribution in [0.5, 0.6) is 0 Å². The Morgan fingerprint density at radius 3 is 3.00 bits per heavy atom. The van der Waals surface area contributed by atoms with E-state index < -0.39 is 17.9 Å². The second-order valence-corrected chi connectivity index (χ2v) is 5.56.